The van der Waals surface area contributed by atoms with Crippen LogP contribution in [0.3, 0.4) is 0 Å². The van der Waals surface area contributed by atoms with Gasteiger partial charge in [0.15, 0.2) is 5.75 Å². The third-order valence-corrected chi connectivity index (χ3v) is 6.88. The Morgan fingerprint density at radius 2 is 1.89 bits per heavy atom. The van der Waals surface area contributed by atoms with Gasteiger partial charge in [0, 0.05) is 36.8 Å². The zero-order chi connectivity index (χ0) is 25.1. The van der Waals surface area contributed by atoms with Crippen LogP contribution in [0.25, 0.3) is 16.5 Å². The van der Waals surface area contributed by atoms with Crippen LogP contribution in [0, 0.1) is 31.1 Å². The van der Waals surface area contributed by atoms with Gasteiger partial charge in [0.2, 0.25) is 0 Å². The minimum atomic E-state index is -0.974. The van der Waals surface area contributed by atoms with E-state index in [2.05, 4.69) is 11.2 Å². The molecule has 2 aliphatic heterocycles. The van der Waals surface area contributed by atoms with E-state index < -0.39 is 6.17 Å². The van der Waals surface area contributed by atoms with Crippen LogP contribution in [-0.4, -0.2) is 63.6 Å². The molecule has 182 valence electrons. The van der Waals surface area contributed by atoms with E-state index in [9.17, 15) is 14.0 Å². The summed E-state index contributed by atoms with van der Waals surface area (Å²) in [5, 5.41) is 14.0. The standard InChI is InChI=1S/C26H22FN5O4/c1-14-20(25(33)30-9-16(8-28)10-30)13-32-24(14)21(5-6-29-32)36-18-3-4-19-22(7-18)35-15(2)23(19)26(34)31-11-17(27)12-31/h3-7,13,16-17H,9-12H2,1-2H3. The number of furan rings is 1. The van der Waals surface area contributed by atoms with Gasteiger partial charge in [-0.05, 0) is 31.5 Å². The number of aryl methyl sites for hydroxylation is 2. The van der Waals surface area contributed by atoms with Crippen LogP contribution >= 0.6 is 0 Å². The molecule has 1 aromatic carbocycles. The molecular weight excluding hydrogens is 465 g/mol. The van der Waals surface area contributed by atoms with Crippen molar-refractivity contribution in [3.05, 3.63) is 59.1 Å². The van der Waals surface area contributed by atoms with Gasteiger partial charge in [-0.1, -0.05) is 0 Å². The van der Waals surface area contributed by atoms with Gasteiger partial charge in [0.25, 0.3) is 11.8 Å². The van der Waals surface area contributed by atoms with Gasteiger partial charge in [0.1, 0.15) is 28.8 Å². The van der Waals surface area contributed by atoms with Crippen LogP contribution in [0.2, 0.25) is 0 Å². The van der Waals surface area contributed by atoms with Gasteiger partial charge in [-0.2, -0.15) is 10.4 Å². The van der Waals surface area contributed by atoms with E-state index >= 15 is 0 Å². The number of aromatic nitrogens is 2. The molecule has 0 saturated carbocycles. The van der Waals surface area contributed by atoms with E-state index in [1.165, 1.54) is 4.90 Å². The molecule has 5 heterocycles. The summed E-state index contributed by atoms with van der Waals surface area (Å²) in [6, 6.07) is 9.10. The van der Waals surface area contributed by atoms with E-state index in [0.29, 0.717) is 58.0 Å². The fourth-order valence-electron chi connectivity index (χ4n) is 4.82. The summed E-state index contributed by atoms with van der Waals surface area (Å²) in [7, 11) is 0. The highest BCUT2D eigenvalue weighted by Crippen LogP contribution is 2.35. The summed E-state index contributed by atoms with van der Waals surface area (Å²) in [5.74, 6) is 0.967. The predicted molar refractivity (Wildman–Crippen MR) is 127 cm³/mol. The number of fused-ring (bicyclic) bond motifs is 2. The van der Waals surface area contributed by atoms with E-state index in [1.807, 2.05) is 6.92 Å². The van der Waals surface area contributed by atoms with Crippen molar-refractivity contribution in [1.29, 1.82) is 5.26 Å². The first kappa shape index (κ1) is 22.1. The van der Waals surface area contributed by atoms with E-state index in [4.69, 9.17) is 14.4 Å². The average molecular weight is 487 g/mol. The summed E-state index contributed by atoms with van der Waals surface area (Å²) in [6.07, 6.45) is 2.29. The number of alkyl halides is 1. The van der Waals surface area contributed by atoms with Crippen molar-refractivity contribution in [3.8, 4) is 17.6 Å². The average Bonchev–Trinajstić information content (AvgIpc) is 3.32. The predicted octanol–water partition coefficient (Wildman–Crippen LogP) is 3.88. The summed E-state index contributed by atoms with van der Waals surface area (Å²) < 4.78 is 26.9. The second-order valence-corrected chi connectivity index (χ2v) is 9.29. The molecule has 0 spiro atoms. The highest BCUT2D eigenvalue weighted by Gasteiger charge is 2.34. The van der Waals surface area contributed by atoms with Gasteiger partial charge >= 0.3 is 0 Å². The summed E-state index contributed by atoms with van der Waals surface area (Å²) in [4.78, 5) is 28.9. The molecule has 6 rings (SSSR count). The Bertz CT molecular complexity index is 1590. The first-order valence-corrected chi connectivity index (χ1v) is 11.6. The zero-order valence-electron chi connectivity index (χ0n) is 19.7. The maximum atomic E-state index is 13.2. The van der Waals surface area contributed by atoms with Crippen molar-refractivity contribution >= 4 is 28.3 Å². The molecule has 0 N–H and O–H groups in total. The largest absolute Gasteiger partial charge is 0.460 e. The van der Waals surface area contributed by atoms with Crippen LogP contribution in [0.5, 0.6) is 11.5 Å². The molecule has 0 aliphatic carbocycles. The number of hydrogen-bond acceptors (Lipinski definition) is 6. The molecule has 9 nitrogen and oxygen atoms in total. The quantitative estimate of drug-likeness (QED) is 0.433. The minimum Gasteiger partial charge on any atom is -0.460 e. The van der Waals surface area contributed by atoms with Gasteiger partial charge in [0.05, 0.1) is 42.4 Å². The number of amides is 2. The van der Waals surface area contributed by atoms with Gasteiger partial charge in [-0.15, -0.1) is 0 Å². The van der Waals surface area contributed by atoms with Crippen LogP contribution in [-0.2, 0) is 0 Å². The van der Waals surface area contributed by atoms with Crippen LogP contribution < -0.4 is 4.74 Å². The highest BCUT2D eigenvalue weighted by atomic mass is 19.1. The molecule has 3 aromatic heterocycles. The number of ether oxygens (including phenoxy) is 1. The number of likely N-dealkylation sites (tertiary alicyclic amines) is 2. The molecule has 0 unspecified atom stereocenters. The van der Waals surface area contributed by atoms with Crippen molar-refractivity contribution in [2.45, 2.75) is 20.0 Å². The molecule has 0 bridgehead atoms. The number of carbonyl (C=O) groups excluding carboxylic acids is 2. The molecule has 2 saturated heterocycles. The fraction of sp³-hybridized carbons (Fsp3) is 0.308. The molecule has 4 aromatic rings. The highest BCUT2D eigenvalue weighted by molar-refractivity contribution is 6.07. The monoisotopic (exact) mass is 487 g/mol. The lowest BCUT2D eigenvalue weighted by atomic mass is 10.0. The van der Waals surface area contributed by atoms with Crippen LogP contribution in [0.1, 0.15) is 32.0 Å². The van der Waals surface area contributed by atoms with Crippen LogP contribution in [0.15, 0.2) is 41.1 Å². The van der Waals surface area contributed by atoms with E-state index in [-0.39, 0.29) is 30.8 Å². The topological polar surface area (TPSA) is 104 Å². The Morgan fingerprint density at radius 3 is 2.61 bits per heavy atom. The van der Waals surface area contributed by atoms with Crippen LogP contribution in [0.4, 0.5) is 4.39 Å². The van der Waals surface area contributed by atoms with Gasteiger partial charge in [-0.25, -0.2) is 8.91 Å². The third kappa shape index (κ3) is 3.39. The maximum Gasteiger partial charge on any atom is 0.258 e. The summed E-state index contributed by atoms with van der Waals surface area (Å²) in [6.45, 7) is 4.61. The molecule has 2 fully saturated rings. The smallest absolute Gasteiger partial charge is 0.258 e. The third-order valence-electron chi connectivity index (χ3n) is 6.88. The number of hydrogen-bond donors (Lipinski definition) is 0. The number of nitriles is 1. The lowest BCUT2D eigenvalue weighted by molar-refractivity contribution is 0.0400. The molecule has 10 heteroatoms. The van der Waals surface area contributed by atoms with E-state index in [0.717, 1.165) is 5.56 Å². The first-order chi connectivity index (χ1) is 17.3. The Hall–Kier alpha value is -4.39. The number of nitrogens with zero attached hydrogens (tertiary/aromatic N) is 5. The van der Waals surface area contributed by atoms with E-state index in [1.54, 1.807) is 53.0 Å². The lowest BCUT2D eigenvalue weighted by Crippen LogP contribution is -2.51. The first-order valence-electron chi connectivity index (χ1n) is 11.6. The molecule has 0 atom stereocenters. The Kier molecular flexibility index (Phi) is 4.96. The molecule has 36 heavy (non-hydrogen) atoms. The second kappa shape index (κ2) is 8.09. The molecule has 0 radical (unpaired) electrons. The van der Waals surface area contributed by atoms with Crippen molar-refractivity contribution in [1.82, 2.24) is 19.4 Å². The van der Waals surface area contributed by atoms with Gasteiger partial charge < -0.3 is 19.0 Å². The summed E-state index contributed by atoms with van der Waals surface area (Å²) >= 11 is 0. The Balaban J connectivity index is 1.30. The number of carbonyl (C=O) groups is 2. The van der Waals surface area contributed by atoms with Crippen molar-refractivity contribution < 1.29 is 23.1 Å². The van der Waals surface area contributed by atoms with Gasteiger partial charge in [-0.3, -0.25) is 9.59 Å². The number of halogens is 1. The minimum absolute atomic E-state index is 0.0992. The Labute approximate surface area is 205 Å². The Morgan fingerprint density at radius 1 is 1.14 bits per heavy atom. The zero-order valence-corrected chi connectivity index (χ0v) is 19.7. The number of rotatable bonds is 4. The lowest BCUT2D eigenvalue weighted by Gasteiger charge is -2.35. The normalized spacial score (nSPS) is 16.2. The number of benzene rings is 1. The van der Waals surface area contributed by atoms with Crippen molar-refractivity contribution in [2.75, 3.05) is 26.2 Å². The van der Waals surface area contributed by atoms with Crippen molar-refractivity contribution in [3.63, 3.8) is 0 Å². The fourth-order valence-corrected chi connectivity index (χ4v) is 4.82. The molecular formula is C26H22FN5O4. The second-order valence-electron chi connectivity index (χ2n) is 9.29. The molecule has 2 aliphatic rings. The molecule has 2 amide bonds. The summed E-state index contributed by atoms with van der Waals surface area (Å²) in [5.41, 5.74) is 2.82. The maximum absolute atomic E-state index is 13.2. The van der Waals surface area contributed by atoms with Crippen molar-refractivity contribution in [2.24, 2.45) is 5.92 Å². The SMILES string of the molecule is Cc1oc2cc(Oc3ccnn4cc(C(=O)N5CC(C#N)C5)c(C)c34)ccc2c1C(=O)N1CC(F)C1.